The van der Waals surface area contributed by atoms with Gasteiger partial charge < -0.3 is 10.1 Å². The maximum atomic E-state index is 5.38. The van der Waals surface area contributed by atoms with Crippen molar-refractivity contribution >= 4 is 16.6 Å². The zero-order valence-electron chi connectivity index (χ0n) is 12.3. The molecule has 0 saturated heterocycles. The van der Waals surface area contributed by atoms with Gasteiger partial charge in [-0.15, -0.1) is 0 Å². The van der Waals surface area contributed by atoms with Crippen LogP contribution in [0, 0.1) is 6.92 Å². The van der Waals surface area contributed by atoms with E-state index in [2.05, 4.69) is 42.6 Å². The lowest BCUT2D eigenvalue weighted by Crippen LogP contribution is -2.02. The lowest BCUT2D eigenvalue weighted by Gasteiger charge is -2.09. The summed E-state index contributed by atoms with van der Waals surface area (Å²) in [5.41, 5.74) is 4.26. The van der Waals surface area contributed by atoms with Crippen LogP contribution in [0.25, 0.3) is 10.9 Å². The third-order valence-electron chi connectivity index (χ3n) is 3.49. The molecule has 3 nitrogen and oxygen atoms in total. The first-order valence-corrected chi connectivity index (χ1v) is 6.99. The normalized spacial score (nSPS) is 10.6. The molecule has 0 aliphatic carbocycles. The van der Waals surface area contributed by atoms with E-state index in [-0.39, 0.29) is 0 Å². The second kappa shape index (κ2) is 5.83. The highest BCUT2D eigenvalue weighted by molar-refractivity contribution is 5.84. The van der Waals surface area contributed by atoms with Crippen molar-refractivity contribution in [1.29, 1.82) is 0 Å². The summed E-state index contributed by atoms with van der Waals surface area (Å²) in [6, 6.07) is 18.4. The topological polar surface area (TPSA) is 34.1 Å². The van der Waals surface area contributed by atoms with Gasteiger partial charge in [0.2, 0.25) is 0 Å². The standard InChI is InChI=1S/C18H18N2O/c1-13-6-9-15(10-7-13)19-12-16-11-8-14-4-3-5-17(21-2)18(14)20-16/h3-11,19H,12H2,1-2H3. The average molecular weight is 278 g/mol. The minimum atomic E-state index is 0.692. The van der Waals surface area contributed by atoms with Crippen LogP contribution in [0.2, 0.25) is 0 Å². The Labute approximate surface area is 124 Å². The molecule has 3 rings (SSSR count). The van der Waals surface area contributed by atoms with E-state index in [1.807, 2.05) is 24.3 Å². The molecule has 0 atom stereocenters. The lowest BCUT2D eigenvalue weighted by atomic mass is 10.2. The molecule has 1 N–H and O–H groups in total. The van der Waals surface area contributed by atoms with Crippen LogP contribution in [0.4, 0.5) is 5.69 Å². The van der Waals surface area contributed by atoms with Gasteiger partial charge in [-0.2, -0.15) is 0 Å². The molecule has 0 saturated carbocycles. The van der Waals surface area contributed by atoms with E-state index in [0.29, 0.717) is 6.54 Å². The summed E-state index contributed by atoms with van der Waals surface area (Å²) < 4.78 is 5.38. The Morgan fingerprint density at radius 2 is 1.81 bits per heavy atom. The van der Waals surface area contributed by atoms with E-state index >= 15 is 0 Å². The number of ether oxygens (including phenoxy) is 1. The number of benzene rings is 2. The summed E-state index contributed by atoms with van der Waals surface area (Å²) in [4.78, 5) is 4.69. The Balaban J connectivity index is 1.82. The smallest absolute Gasteiger partial charge is 0.145 e. The van der Waals surface area contributed by atoms with Crippen LogP contribution in [-0.2, 0) is 6.54 Å². The Kier molecular flexibility index (Phi) is 3.73. The summed E-state index contributed by atoms with van der Waals surface area (Å²) in [6.07, 6.45) is 0. The van der Waals surface area contributed by atoms with Gasteiger partial charge in [0, 0.05) is 11.1 Å². The lowest BCUT2D eigenvalue weighted by molar-refractivity contribution is 0.419. The van der Waals surface area contributed by atoms with E-state index in [9.17, 15) is 0 Å². The van der Waals surface area contributed by atoms with Crippen LogP contribution in [0.15, 0.2) is 54.6 Å². The Hall–Kier alpha value is -2.55. The SMILES string of the molecule is COc1cccc2ccc(CNc3ccc(C)cc3)nc12. The first kappa shape index (κ1) is 13.4. The van der Waals surface area contributed by atoms with E-state index < -0.39 is 0 Å². The number of nitrogens with one attached hydrogen (secondary N) is 1. The van der Waals surface area contributed by atoms with E-state index in [1.54, 1.807) is 7.11 Å². The number of hydrogen-bond acceptors (Lipinski definition) is 3. The fourth-order valence-electron chi connectivity index (χ4n) is 2.29. The molecule has 0 aliphatic rings. The predicted octanol–water partition coefficient (Wildman–Crippen LogP) is 4.16. The molecule has 0 radical (unpaired) electrons. The largest absolute Gasteiger partial charge is 0.494 e. The number of para-hydroxylation sites is 1. The minimum absolute atomic E-state index is 0.692. The van der Waals surface area contributed by atoms with Gasteiger partial charge in [0.1, 0.15) is 11.3 Å². The van der Waals surface area contributed by atoms with E-state index in [0.717, 1.165) is 28.0 Å². The number of pyridine rings is 1. The van der Waals surface area contributed by atoms with Gasteiger partial charge in [-0.25, -0.2) is 4.98 Å². The number of aryl methyl sites for hydroxylation is 1. The number of hydrogen-bond donors (Lipinski definition) is 1. The third kappa shape index (κ3) is 2.97. The summed E-state index contributed by atoms with van der Waals surface area (Å²) >= 11 is 0. The van der Waals surface area contributed by atoms with Crippen molar-refractivity contribution in [1.82, 2.24) is 4.98 Å². The molecule has 0 aliphatic heterocycles. The molecule has 106 valence electrons. The Morgan fingerprint density at radius 3 is 2.57 bits per heavy atom. The minimum Gasteiger partial charge on any atom is -0.494 e. The molecule has 1 heterocycles. The van der Waals surface area contributed by atoms with Gasteiger partial charge in [0.25, 0.3) is 0 Å². The summed E-state index contributed by atoms with van der Waals surface area (Å²) in [5.74, 6) is 0.810. The van der Waals surface area contributed by atoms with Gasteiger partial charge >= 0.3 is 0 Å². The van der Waals surface area contributed by atoms with Gasteiger partial charge in [-0.3, -0.25) is 0 Å². The van der Waals surface area contributed by atoms with Crippen molar-refractivity contribution in [3.05, 3.63) is 65.9 Å². The number of anilines is 1. The summed E-state index contributed by atoms with van der Waals surface area (Å²) in [6.45, 7) is 2.78. The number of rotatable bonds is 4. The summed E-state index contributed by atoms with van der Waals surface area (Å²) in [5, 5.41) is 4.48. The number of aromatic nitrogens is 1. The molecular weight excluding hydrogens is 260 g/mol. The molecule has 1 aromatic heterocycles. The molecule has 0 unspecified atom stereocenters. The van der Waals surface area contributed by atoms with Crippen LogP contribution in [0.1, 0.15) is 11.3 Å². The maximum absolute atomic E-state index is 5.38. The number of nitrogens with zero attached hydrogens (tertiary/aromatic N) is 1. The first-order valence-electron chi connectivity index (χ1n) is 6.99. The third-order valence-corrected chi connectivity index (χ3v) is 3.49. The highest BCUT2D eigenvalue weighted by Crippen LogP contribution is 2.23. The van der Waals surface area contributed by atoms with E-state index in [1.165, 1.54) is 5.56 Å². The fraction of sp³-hybridized carbons (Fsp3) is 0.167. The zero-order chi connectivity index (χ0) is 14.7. The van der Waals surface area contributed by atoms with Crippen LogP contribution in [0.5, 0.6) is 5.75 Å². The maximum Gasteiger partial charge on any atom is 0.145 e. The molecule has 3 heteroatoms. The second-order valence-electron chi connectivity index (χ2n) is 5.05. The van der Waals surface area contributed by atoms with Gasteiger partial charge in [-0.05, 0) is 31.2 Å². The van der Waals surface area contributed by atoms with Crippen molar-refractivity contribution < 1.29 is 4.74 Å². The van der Waals surface area contributed by atoms with E-state index in [4.69, 9.17) is 9.72 Å². The van der Waals surface area contributed by atoms with Crippen LogP contribution >= 0.6 is 0 Å². The first-order chi connectivity index (χ1) is 10.3. The quantitative estimate of drug-likeness (QED) is 0.778. The molecule has 0 bridgehead atoms. The van der Waals surface area contributed by atoms with Gasteiger partial charge in [0.05, 0.1) is 19.3 Å². The average Bonchev–Trinajstić information content (AvgIpc) is 2.53. The predicted molar refractivity (Wildman–Crippen MR) is 86.8 cm³/mol. The van der Waals surface area contributed by atoms with Crippen LogP contribution in [0.3, 0.4) is 0 Å². The zero-order valence-corrected chi connectivity index (χ0v) is 12.3. The number of fused-ring (bicyclic) bond motifs is 1. The summed E-state index contributed by atoms with van der Waals surface area (Å²) in [7, 11) is 1.67. The van der Waals surface area contributed by atoms with Crippen LogP contribution < -0.4 is 10.1 Å². The van der Waals surface area contributed by atoms with Crippen molar-refractivity contribution in [2.24, 2.45) is 0 Å². The Bertz CT molecular complexity index is 751. The Morgan fingerprint density at radius 1 is 1.00 bits per heavy atom. The van der Waals surface area contributed by atoms with Crippen LogP contribution in [-0.4, -0.2) is 12.1 Å². The number of methoxy groups -OCH3 is 1. The second-order valence-corrected chi connectivity index (χ2v) is 5.05. The van der Waals surface area contributed by atoms with Crippen molar-refractivity contribution in [3.63, 3.8) is 0 Å². The molecule has 3 aromatic rings. The monoisotopic (exact) mass is 278 g/mol. The molecule has 0 amide bonds. The fourth-order valence-corrected chi connectivity index (χ4v) is 2.29. The molecule has 21 heavy (non-hydrogen) atoms. The highest BCUT2D eigenvalue weighted by Gasteiger charge is 2.04. The van der Waals surface area contributed by atoms with Crippen molar-refractivity contribution in [2.75, 3.05) is 12.4 Å². The molecule has 0 spiro atoms. The molecule has 0 fully saturated rings. The van der Waals surface area contributed by atoms with Crippen molar-refractivity contribution in [2.45, 2.75) is 13.5 Å². The van der Waals surface area contributed by atoms with Crippen molar-refractivity contribution in [3.8, 4) is 5.75 Å². The molecule has 2 aromatic carbocycles. The highest BCUT2D eigenvalue weighted by atomic mass is 16.5. The van der Waals surface area contributed by atoms with Gasteiger partial charge in [0.15, 0.2) is 0 Å². The molecular formula is C18H18N2O. The van der Waals surface area contributed by atoms with Gasteiger partial charge in [-0.1, -0.05) is 35.9 Å².